The number of halogens is 3. The first-order valence-corrected chi connectivity index (χ1v) is 5.28. The van der Waals surface area contributed by atoms with Crippen LogP contribution in [0.3, 0.4) is 0 Å². The molecule has 0 saturated carbocycles. The molecule has 0 bridgehead atoms. The molecule has 1 N–H and O–H groups in total. The van der Waals surface area contributed by atoms with E-state index in [0.717, 1.165) is 41.4 Å². The summed E-state index contributed by atoms with van der Waals surface area (Å²) in [5, 5.41) is 8.79. The maximum atomic E-state index is 12.4. The molecule has 0 saturated heterocycles. The molecule has 1 aromatic carbocycles. The number of carboxylic acid groups (broad SMARTS) is 1. The average Bonchev–Trinajstić information content (AvgIpc) is 2.38. The number of aromatic carboxylic acids is 1. The van der Waals surface area contributed by atoms with Crippen LogP contribution in [0.15, 0.2) is 41.6 Å². The summed E-state index contributed by atoms with van der Waals surface area (Å²) in [5.41, 5.74) is -2.05. The first-order chi connectivity index (χ1) is 9.29. The highest BCUT2D eigenvalue weighted by molar-refractivity contribution is 5.86. The molecule has 0 aliphatic rings. The van der Waals surface area contributed by atoms with Crippen LogP contribution in [0, 0.1) is 0 Å². The molecule has 5 nitrogen and oxygen atoms in total. The normalized spacial score (nSPS) is 11.3. The molecule has 0 fully saturated rings. The summed E-state index contributed by atoms with van der Waals surface area (Å²) in [6, 6.07) is 4.02. The lowest BCUT2D eigenvalue weighted by Crippen LogP contribution is -2.19. The van der Waals surface area contributed by atoms with Crippen molar-refractivity contribution in [1.29, 1.82) is 0 Å². The molecule has 0 amide bonds. The van der Waals surface area contributed by atoms with Crippen molar-refractivity contribution in [3.63, 3.8) is 0 Å². The molecule has 0 spiro atoms. The van der Waals surface area contributed by atoms with Gasteiger partial charge in [0.1, 0.15) is 11.9 Å². The van der Waals surface area contributed by atoms with Gasteiger partial charge in [-0.25, -0.2) is 4.79 Å². The Kier molecular flexibility index (Phi) is 3.31. The number of hydrogen-bond donors (Lipinski definition) is 1. The van der Waals surface area contributed by atoms with Crippen molar-refractivity contribution in [3.05, 3.63) is 58.3 Å². The summed E-state index contributed by atoms with van der Waals surface area (Å²) in [6.07, 6.45) is -2.41. The highest BCUT2D eigenvalue weighted by Gasteiger charge is 2.30. The molecular formula is C12H7F3N2O3. The van der Waals surface area contributed by atoms with Crippen LogP contribution in [0.2, 0.25) is 0 Å². The Hall–Kier alpha value is -2.64. The molecule has 20 heavy (non-hydrogen) atoms. The lowest BCUT2D eigenvalue weighted by atomic mass is 10.2. The van der Waals surface area contributed by atoms with E-state index >= 15 is 0 Å². The topological polar surface area (TPSA) is 72.2 Å². The standard InChI is InChI=1S/C12H7F3N2O3/c13-12(14,15)7-1-3-8(4-2-7)17-5-9(11(19)20)10(18)16-6-17/h1-6H,(H,19,20). The minimum Gasteiger partial charge on any atom is -0.477 e. The van der Waals surface area contributed by atoms with Gasteiger partial charge in [-0.05, 0) is 24.3 Å². The molecule has 0 atom stereocenters. The van der Waals surface area contributed by atoms with Gasteiger partial charge in [0.2, 0.25) is 0 Å². The second kappa shape index (κ2) is 4.80. The van der Waals surface area contributed by atoms with Crippen molar-refractivity contribution >= 4 is 5.97 Å². The van der Waals surface area contributed by atoms with Crippen LogP contribution >= 0.6 is 0 Å². The Balaban J connectivity index is 2.45. The van der Waals surface area contributed by atoms with E-state index in [1.165, 1.54) is 0 Å². The molecule has 0 aliphatic carbocycles. The van der Waals surface area contributed by atoms with Crippen molar-refractivity contribution in [1.82, 2.24) is 9.55 Å². The maximum Gasteiger partial charge on any atom is 0.416 e. The van der Waals surface area contributed by atoms with E-state index in [1.807, 2.05) is 0 Å². The second-order valence-electron chi connectivity index (χ2n) is 3.85. The van der Waals surface area contributed by atoms with Crippen LogP contribution in [0.5, 0.6) is 0 Å². The number of carbonyl (C=O) groups is 1. The van der Waals surface area contributed by atoms with Crippen LogP contribution in [-0.4, -0.2) is 20.6 Å². The Bertz CT molecular complexity index is 705. The quantitative estimate of drug-likeness (QED) is 0.914. The fourth-order valence-corrected chi connectivity index (χ4v) is 1.52. The number of rotatable bonds is 2. The summed E-state index contributed by atoms with van der Waals surface area (Å²) in [6.45, 7) is 0. The molecule has 0 radical (unpaired) electrons. The van der Waals surface area contributed by atoms with Crippen LogP contribution in [-0.2, 0) is 6.18 Å². The van der Waals surface area contributed by atoms with Crippen molar-refractivity contribution in [2.45, 2.75) is 6.18 Å². The summed E-state index contributed by atoms with van der Waals surface area (Å²) >= 11 is 0. The van der Waals surface area contributed by atoms with Gasteiger partial charge in [0.05, 0.1) is 5.56 Å². The molecule has 1 heterocycles. The average molecular weight is 284 g/mol. The van der Waals surface area contributed by atoms with Gasteiger partial charge in [-0.2, -0.15) is 18.2 Å². The predicted molar refractivity (Wildman–Crippen MR) is 61.8 cm³/mol. The van der Waals surface area contributed by atoms with E-state index in [4.69, 9.17) is 5.11 Å². The number of benzene rings is 1. The van der Waals surface area contributed by atoms with E-state index < -0.39 is 28.8 Å². The van der Waals surface area contributed by atoms with Gasteiger partial charge < -0.3 is 9.67 Å². The van der Waals surface area contributed by atoms with Crippen LogP contribution in [0.4, 0.5) is 13.2 Å². The smallest absolute Gasteiger partial charge is 0.416 e. The predicted octanol–water partition coefficient (Wildman–Crippen LogP) is 1.95. The maximum absolute atomic E-state index is 12.4. The van der Waals surface area contributed by atoms with Crippen molar-refractivity contribution < 1.29 is 23.1 Å². The van der Waals surface area contributed by atoms with Gasteiger partial charge in [0.15, 0.2) is 0 Å². The largest absolute Gasteiger partial charge is 0.477 e. The van der Waals surface area contributed by atoms with Crippen LogP contribution in [0.25, 0.3) is 5.69 Å². The van der Waals surface area contributed by atoms with E-state index in [2.05, 4.69) is 4.98 Å². The Morgan fingerprint density at radius 3 is 2.30 bits per heavy atom. The monoisotopic (exact) mass is 284 g/mol. The third-order valence-corrected chi connectivity index (χ3v) is 2.52. The van der Waals surface area contributed by atoms with E-state index in [1.54, 1.807) is 0 Å². The Labute approximate surface area is 109 Å². The zero-order valence-electron chi connectivity index (χ0n) is 9.76. The third-order valence-electron chi connectivity index (χ3n) is 2.52. The number of alkyl halides is 3. The van der Waals surface area contributed by atoms with Crippen molar-refractivity contribution in [3.8, 4) is 5.69 Å². The number of nitrogens with zero attached hydrogens (tertiary/aromatic N) is 2. The zero-order valence-corrected chi connectivity index (χ0v) is 9.76. The Morgan fingerprint density at radius 1 is 1.20 bits per heavy atom. The molecule has 2 aromatic rings. The van der Waals surface area contributed by atoms with Gasteiger partial charge >= 0.3 is 12.1 Å². The van der Waals surface area contributed by atoms with Crippen LogP contribution in [0.1, 0.15) is 15.9 Å². The van der Waals surface area contributed by atoms with Crippen molar-refractivity contribution in [2.24, 2.45) is 0 Å². The number of carboxylic acids is 1. The molecule has 2 rings (SSSR count). The van der Waals surface area contributed by atoms with Crippen LogP contribution < -0.4 is 5.56 Å². The van der Waals surface area contributed by atoms with Gasteiger partial charge in [0.25, 0.3) is 5.56 Å². The van der Waals surface area contributed by atoms with Gasteiger partial charge in [-0.1, -0.05) is 0 Å². The lowest BCUT2D eigenvalue weighted by molar-refractivity contribution is -0.137. The zero-order chi connectivity index (χ0) is 14.9. The summed E-state index contributed by atoms with van der Waals surface area (Å²) in [5.74, 6) is -1.45. The molecule has 104 valence electrons. The summed E-state index contributed by atoms with van der Waals surface area (Å²) in [4.78, 5) is 25.3. The minimum atomic E-state index is -4.45. The number of aromatic nitrogens is 2. The SMILES string of the molecule is O=C(O)c1cn(-c2ccc(C(F)(F)F)cc2)cnc1=O. The van der Waals surface area contributed by atoms with Gasteiger partial charge in [0, 0.05) is 11.9 Å². The van der Waals surface area contributed by atoms with E-state index in [-0.39, 0.29) is 5.69 Å². The molecule has 8 heteroatoms. The minimum absolute atomic E-state index is 0.257. The fourth-order valence-electron chi connectivity index (χ4n) is 1.52. The van der Waals surface area contributed by atoms with E-state index in [9.17, 15) is 22.8 Å². The second-order valence-corrected chi connectivity index (χ2v) is 3.85. The van der Waals surface area contributed by atoms with Gasteiger partial charge in [-0.3, -0.25) is 4.79 Å². The lowest BCUT2D eigenvalue weighted by Gasteiger charge is -2.09. The third kappa shape index (κ3) is 2.68. The van der Waals surface area contributed by atoms with Gasteiger partial charge in [-0.15, -0.1) is 0 Å². The fraction of sp³-hybridized carbons (Fsp3) is 0.0833. The molecular weight excluding hydrogens is 277 g/mol. The highest BCUT2D eigenvalue weighted by atomic mass is 19.4. The van der Waals surface area contributed by atoms with Crippen molar-refractivity contribution in [2.75, 3.05) is 0 Å². The first-order valence-electron chi connectivity index (χ1n) is 5.28. The first kappa shape index (κ1) is 13.8. The molecule has 1 aromatic heterocycles. The Morgan fingerprint density at radius 2 is 1.80 bits per heavy atom. The molecule has 0 aliphatic heterocycles. The molecule has 0 unspecified atom stereocenters. The summed E-state index contributed by atoms with van der Waals surface area (Å²) < 4.78 is 38.4. The van der Waals surface area contributed by atoms with E-state index in [0.29, 0.717) is 0 Å². The number of hydrogen-bond acceptors (Lipinski definition) is 3. The highest BCUT2D eigenvalue weighted by Crippen LogP contribution is 2.29. The summed E-state index contributed by atoms with van der Waals surface area (Å²) in [7, 11) is 0.